The summed E-state index contributed by atoms with van der Waals surface area (Å²) in [6.07, 6.45) is -0.658. The van der Waals surface area contributed by atoms with E-state index in [9.17, 15) is 4.79 Å². The molecule has 4 N–H and O–H groups in total. The van der Waals surface area contributed by atoms with Crippen LogP contribution in [0.2, 0.25) is 0 Å². The number of nitrogens with two attached hydrogens (primary N) is 2. The van der Waals surface area contributed by atoms with E-state index in [1.54, 1.807) is 36.4 Å². The Morgan fingerprint density at radius 3 is 2.79 bits per heavy atom. The number of rotatable bonds is 4. The summed E-state index contributed by atoms with van der Waals surface area (Å²) in [5.41, 5.74) is 7.14. The number of guanidine groups is 1. The van der Waals surface area contributed by atoms with Gasteiger partial charge in [0.05, 0.1) is 6.61 Å². The van der Waals surface area contributed by atoms with Crippen LogP contribution in [0.1, 0.15) is 29.0 Å². The van der Waals surface area contributed by atoms with Crippen molar-refractivity contribution >= 4 is 11.9 Å². The van der Waals surface area contributed by atoms with Crippen LogP contribution >= 0.6 is 0 Å². The quantitative estimate of drug-likeness (QED) is 0.767. The lowest BCUT2D eigenvalue weighted by molar-refractivity contribution is 0.0197. The minimum Gasteiger partial charge on any atom is -0.494 e. The summed E-state index contributed by atoms with van der Waals surface area (Å²) < 4.78 is 16.6. The van der Waals surface area contributed by atoms with Gasteiger partial charge in [-0.3, -0.25) is 4.79 Å². The molecule has 0 saturated carbocycles. The van der Waals surface area contributed by atoms with Gasteiger partial charge in [-0.15, -0.1) is 5.12 Å². The molecule has 4 rings (SSSR count). The zero-order valence-electron chi connectivity index (χ0n) is 15.4. The number of fused-ring (bicyclic) bond motifs is 1. The van der Waals surface area contributed by atoms with Crippen LogP contribution in [0.4, 0.5) is 0 Å². The molecular formula is C19H21N5O4. The molecule has 9 nitrogen and oxygen atoms in total. The van der Waals surface area contributed by atoms with Gasteiger partial charge in [0.1, 0.15) is 19.0 Å². The fraction of sp³-hybridized carbons (Fsp3) is 0.263. The lowest BCUT2D eigenvalue weighted by Gasteiger charge is -2.27. The van der Waals surface area contributed by atoms with Gasteiger partial charge in [0.2, 0.25) is 5.96 Å². The van der Waals surface area contributed by atoms with E-state index in [0.29, 0.717) is 42.6 Å². The fourth-order valence-corrected chi connectivity index (χ4v) is 3.13. The van der Waals surface area contributed by atoms with E-state index in [1.165, 1.54) is 5.12 Å². The van der Waals surface area contributed by atoms with Crippen molar-refractivity contribution in [2.75, 3.05) is 19.8 Å². The predicted molar refractivity (Wildman–Crippen MR) is 102 cm³/mol. The summed E-state index contributed by atoms with van der Waals surface area (Å²) in [7, 11) is 0. The number of nitrogens with zero attached hydrogens (tertiary/aromatic N) is 3. The topological polar surface area (TPSA) is 116 Å². The van der Waals surface area contributed by atoms with E-state index in [2.05, 4.69) is 4.99 Å². The van der Waals surface area contributed by atoms with E-state index in [4.69, 9.17) is 25.8 Å². The van der Waals surface area contributed by atoms with Gasteiger partial charge in [0.15, 0.2) is 17.7 Å². The number of ether oxygens (including phenoxy) is 3. The Bertz CT molecular complexity index is 932. The molecule has 0 spiro atoms. The van der Waals surface area contributed by atoms with Crippen LogP contribution in [-0.4, -0.2) is 41.8 Å². The average Bonchev–Trinajstić information content (AvgIpc) is 3.01. The van der Waals surface area contributed by atoms with Crippen molar-refractivity contribution in [3.05, 3.63) is 53.6 Å². The normalized spacial score (nSPS) is 18.7. The highest BCUT2D eigenvalue weighted by molar-refractivity contribution is 6.05. The first kappa shape index (κ1) is 18.1. The van der Waals surface area contributed by atoms with Crippen LogP contribution in [0.15, 0.2) is 47.5 Å². The number of aliphatic imine (C=N–C) groups is 1. The first-order valence-electron chi connectivity index (χ1n) is 8.92. The van der Waals surface area contributed by atoms with Gasteiger partial charge in [-0.25, -0.2) is 10.8 Å². The van der Waals surface area contributed by atoms with Gasteiger partial charge in [-0.05, 0) is 42.8 Å². The van der Waals surface area contributed by atoms with E-state index in [1.807, 2.05) is 13.0 Å². The van der Waals surface area contributed by atoms with Gasteiger partial charge < -0.3 is 19.9 Å². The molecule has 1 amide bonds. The second-order valence-electron chi connectivity index (χ2n) is 6.22. The number of hydrogen-bond acceptors (Lipinski definition) is 8. The van der Waals surface area contributed by atoms with Crippen molar-refractivity contribution in [2.45, 2.75) is 13.1 Å². The van der Waals surface area contributed by atoms with Gasteiger partial charge in [0.25, 0.3) is 5.91 Å². The summed E-state index contributed by atoms with van der Waals surface area (Å²) in [4.78, 5) is 17.3. The second kappa shape index (κ2) is 7.37. The monoisotopic (exact) mass is 383 g/mol. The molecule has 146 valence electrons. The SMILES string of the molecule is CCOc1cccc(C(=O)N2C(N)=NC(c3ccc4c(c3)OCCO4)N2N)c1. The van der Waals surface area contributed by atoms with Crippen LogP contribution < -0.4 is 25.8 Å². The van der Waals surface area contributed by atoms with E-state index in [-0.39, 0.29) is 5.96 Å². The highest BCUT2D eigenvalue weighted by atomic mass is 16.6. The molecule has 0 radical (unpaired) electrons. The predicted octanol–water partition coefficient (Wildman–Crippen LogP) is 1.42. The van der Waals surface area contributed by atoms with Gasteiger partial charge >= 0.3 is 0 Å². The zero-order valence-corrected chi connectivity index (χ0v) is 15.4. The highest BCUT2D eigenvalue weighted by Gasteiger charge is 2.37. The van der Waals surface area contributed by atoms with Crippen molar-refractivity contribution < 1.29 is 19.0 Å². The summed E-state index contributed by atoms with van der Waals surface area (Å²) in [5.74, 6) is 7.67. The third kappa shape index (κ3) is 3.21. The van der Waals surface area contributed by atoms with Crippen LogP contribution in [0, 0.1) is 0 Å². The third-order valence-electron chi connectivity index (χ3n) is 4.40. The first-order valence-corrected chi connectivity index (χ1v) is 8.92. The Morgan fingerprint density at radius 1 is 1.21 bits per heavy atom. The van der Waals surface area contributed by atoms with Crippen LogP contribution in [-0.2, 0) is 0 Å². The minimum absolute atomic E-state index is 0.00852. The molecule has 1 atom stereocenters. The Hall–Kier alpha value is -3.30. The zero-order chi connectivity index (χ0) is 19.7. The van der Waals surface area contributed by atoms with Crippen LogP contribution in [0.5, 0.6) is 17.2 Å². The van der Waals surface area contributed by atoms with Crippen molar-refractivity contribution in [1.82, 2.24) is 10.1 Å². The fourth-order valence-electron chi connectivity index (χ4n) is 3.13. The smallest absolute Gasteiger partial charge is 0.276 e. The molecule has 0 aliphatic carbocycles. The Balaban J connectivity index is 1.59. The van der Waals surface area contributed by atoms with E-state index >= 15 is 0 Å². The molecule has 9 heteroatoms. The molecule has 0 aromatic heterocycles. The molecule has 2 aromatic rings. The van der Waals surface area contributed by atoms with Crippen molar-refractivity contribution in [3.8, 4) is 17.2 Å². The molecule has 28 heavy (non-hydrogen) atoms. The van der Waals surface area contributed by atoms with E-state index < -0.39 is 12.1 Å². The van der Waals surface area contributed by atoms with Gasteiger partial charge in [-0.1, -0.05) is 12.1 Å². The van der Waals surface area contributed by atoms with Crippen molar-refractivity contribution in [1.29, 1.82) is 0 Å². The van der Waals surface area contributed by atoms with Crippen LogP contribution in [0.25, 0.3) is 0 Å². The maximum Gasteiger partial charge on any atom is 0.276 e. The summed E-state index contributed by atoms with van der Waals surface area (Å²) in [6.45, 7) is 3.35. The lowest BCUT2D eigenvalue weighted by Crippen LogP contribution is -2.52. The molecule has 0 bridgehead atoms. The number of hydrazine groups is 2. The minimum atomic E-state index is -0.658. The van der Waals surface area contributed by atoms with Gasteiger partial charge in [0, 0.05) is 5.56 Å². The largest absolute Gasteiger partial charge is 0.494 e. The Morgan fingerprint density at radius 2 is 2.00 bits per heavy atom. The molecule has 2 aromatic carbocycles. The average molecular weight is 383 g/mol. The molecular weight excluding hydrogens is 362 g/mol. The molecule has 1 unspecified atom stereocenters. The number of carbonyl (C=O) groups excluding carboxylic acids is 1. The summed E-state index contributed by atoms with van der Waals surface area (Å²) in [5, 5.41) is 2.35. The molecule has 2 aliphatic heterocycles. The molecule has 0 saturated heterocycles. The Kier molecular flexibility index (Phi) is 4.76. The Labute approximate surface area is 162 Å². The standard InChI is InChI=1S/C19H21N5O4/c1-2-26-14-5-3-4-13(10-14)18(25)23-19(20)22-17(24(23)21)12-6-7-15-16(11-12)28-9-8-27-15/h3-7,10-11,17H,2,8-9,21H2,1H3,(H2,20,22). The van der Waals surface area contributed by atoms with Crippen molar-refractivity contribution in [3.63, 3.8) is 0 Å². The van der Waals surface area contributed by atoms with E-state index in [0.717, 1.165) is 10.6 Å². The van der Waals surface area contributed by atoms with Crippen molar-refractivity contribution in [2.24, 2.45) is 16.6 Å². The highest BCUT2D eigenvalue weighted by Crippen LogP contribution is 2.36. The molecule has 0 fully saturated rings. The summed E-state index contributed by atoms with van der Waals surface area (Å²) in [6, 6.07) is 12.2. The number of hydrogen-bond donors (Lipinski definition) is 2. The number of carbonyl (C=O) groups is 1. The molecule has 2 heterocycles. The molecule has 2 aliphatic rings. The van der Waals surface area contributed by atoms with Gasteiger partial charge in [-0.2, -0.15) is 5.01 Å². The lowest BCUT2D eigenvalue weighted by atomic mass is 10.1. The third-order valence-corrected chi connectivity index (χ3v) is 4.40. The maximum atomic E-state index is 13.0. The number of benzene rings is 2. The second-order valence-corrected chi connectivity index (χ2v) is 6.22. The van der Waals surface area contributed by atoms with Crippen LogP contribution in [0.3, 0.4) is 0 Å². The maximum absolute atomic E-state index is 13.0. The summed E-state index contributed by atoms with van der Waals surface area (Å²) >= 11 is 0. The first-order chi connectivity index (χ1) is 13.6. The number of amides is 1.